The van der Waals surface area contributed by atoms with Crippen molar-refractivity contribution in [3.05, 3.63) is 71.8 Å². The smallest absolute Gasteiger partial charge is 0.158 e. The average Bonchev–Trinajstić information content (AvgIpc) is 3.63. The fourth-order valence-corrected chi connectivity index (χ4v) is 6.98. The second-order valence-corrected chi connectivity index (χ2v) is 11.5. The van der Waals surface area contributed by atoms with Crippen molar-refractivity contribution < 1.29 is 18.3 Å². The molecule has 0 saturated carbocycles. The Hall–Kier alpha value is -5.28. The average molecular weight is 579 g/mol. The minimum Gasteiger partial charge on any atom is -0.454 e. The Morgan fingerprint density at radius 1 is 0.523 bits per heavy atom. The number of rotatable bonds is 2. The van der Waals surface area contributed by atoms with E-state index in [0.29, 0.717) is 44.2 Å². The van der Waals surface area contributed by atoms with Crippen molar-refractivity contribution in [2.24, 2.45) is 0 Å². The van der Waals surface area contributed by atoms with Gasteiger partial charge in [0.15, 0.2) is 11.2 Å². The van der Waals surface area contributed by atoms with Crippen LogP contribution in [-0.4, -0.2) is 52.6 Å². The van der Waals surface area contributed by atoms with E-state index < -0.39 is 0 Å². The van der Waals surface area contributed by atoms with Gasteiger partial charge >= 0.3 is 0 Å². The van der Waals surface area contributed by atoms with Crippen molar-refractivity contribution in [2.75, 3.05) is 62.4 Å². The maximum atomic E-state index is 10.6. The minimum atomic E-state index is 0.303. The molecule has 4 heterocycles. The van der Waals surface area contributed by atoms with Gasteiger partial charge in [0.1, 0.15) is 28.9 Å². The van der Waals surface area contributed by atoms with E-state index in [0.717, 1.165) is 96.3 Å². The third-order valence-corrected chi connectivity index (χ3v) is 9.19. The second kappa shape index (κ2) is 9.62. The Kier molecular flexibility index (Phi) is 5.52. The number of morpholine rings is 2. The van der Waals surface area contributed by atoms with Gasteiger partial charge in [-0.1, -0.05) is 12.1 Å². The second-order valence-electron chi connectivity index (χ2n) is 11.5. The predicted molar refractivity (Wildman–Crippen MR) is 172 cm³/mol. The normalized spacial score (nSPS) is 16.0. The van der Waals surface area contributed by atoms with Gasteiger partial charge in [0.05, 0.1) is 32.0 Å². The first-order valence-corrected chi connectivity index (χ1v) is 14.9. The summed E-state index contributed by atoms with van der Waals surface area (Å²) in [6.07, 6.45) is 0. The largest absolute Gasteiger partial charge is 0.454 e. The van der Waals surface area contributed by atoms with Gasteiger partial charge in [-0.05, 0) is 70.1 Å². The molecule has 7 aromatic rings. The van der Waals surface area contributed by atoms with E-state index in [1.54, 1.807) is 0 Å². The van der Waals surface area contributed by atoms with Gasteiger partial charge in [-0.2, -0.15) is 10.5 Å². The lowest BCUT2D eigenvalue weighted by molar-refractivity contribution is 0.122. The van der Waals surface area contributed by atoms with Gasteiger partial charge in [-0.25, -0.2) is 0 Å². The van der Waals surface area contributed by atoms with Crippen LogP contribution in [-0.2, 0) is 9.47 Å². The minimum absolute atomic E-state index is 0.303. The lowest BCUT2D eigenvalue weighted by Crippen LogP contribution is -2.36. The number of hydrogen-bond acceptors (Lipinski definition) is 8. The molecule has 8 heteroatoms. The number of hydrogen-bond donors (Lipinski definition) is 0. The first-order valence-electron chi connectivity index (χ1n) is 14.9. The van der Waals surface area contributed by atoms with Crippen molar-refractivity contribution in [1.82, 2.24) is 0 Å². The summed E-state index contributed by atoms with van der Waals surface area (Å²) in [6, 6.07) is 25.8. The van der Waals surface area contributed by atoms with Crippen molar-refractivity contribution in [2.45, 2.75) is 0 Å². The van der Waals surface area contributed by atoms with Gasteiger partial charge in [-0.15, -0.1) is 0 Å². The van der Waals surface area contributed by atoms with Gasteiger partial charge in [0.2, 0.25) is 0 Å². The first kappa shape index (κ1) is 25.2. The fourth-order valence-electron chi connectivity index (χ4n) is 6.98. The Balaban J connectivity index is 1.27. The Morgan fingerprint density at radius 2 is 0.977 bits per heavy atom. The Morgan fingerprint density at radius 3 is 1.41 bits per heavy atom. The summed E-state index contributed by atoms with van der Waals surface area (Å²) in [7, 11) is 0. The molecule has 8 nitrogen and oxygen atoms in total. The Labute approximate surface area is 251 Å². The van der Waals surface area contributed by atoms with E-state index in [-0.39, 0.29) is 0 Å². The molecule has 0 N–H and O–H groups in total. The maximum Gasteiger partial charge on any atom is 0.158 e. The van der Waals surface area contributed by atoms with Crippen LogP contribution in [0.2, 0.25) is 0 Å². The van der Waals surface area contributed by atoms with Crippen LogP contribution in [0.4, 0.5) is 11.4 Å². The molecule has 5 aromatic carbocycles. The van der Waals surface area contributed by atoms with Gasteiger partial charge in [0.25, 0.3) is 0 Å². The summed E-state index contributed by atoms with van der Waals surface area (Å²) in [4.78, 5) is 4.64. The molecule has 0 unspecified atom stereocenters. The number of benzene rings is 5. The number of anilines is 2. The topological polar surface area (TPSA) is 98.8 Å². The molecule has 0 bridgehead atoms. The molecule has 2 saturated heterocycles. The van der Waals surface area contributed by atoms with Crippen molar-refractivity contribution >= 4 is 76.8 Å². The van der Waals surface area contributed by atoms with Crippen LogP contribution in [0.1, 0.15) is 11.1 Å². The molecule has 2 aliphatic heterocycles. The predicted octanol–water partition coefficient (Wildman–Crippen LogP) is 7.21. The summed E-state index contributed by atoms with van der Waals surface area (Å²) in [5, 5.41) is 28.1. The molecule has 0 aliphatic carbocycles. The van der Waals surface area contributed by atoms with Gasteiger partial charge < -0.3 is 28.1 Å². The fraction of sp³-hybridized carbons (Fsp3) is 0.222. The molecule has 9 rings (SSSR count). The molecule has 44 heavy (non-hydrogen) atoms. The highest BCUT2D eigenvalue weighted by Gasteiger charge is 2.26. The molecule has 2 aromatic heterocycles. The summed E-state index contributed by atoms with van der Waals surface area (Å²) >= 11 is 0. The highest BCUT2D eigenvalue weighted by molar-refractivity contribution is 6.24. The summed E-state index contributed by atoms with van der Waals surface area (Å²) in [5.74, 6) is 0. The molecule has 0 atom stereocenters. The molecule has 2 fully saturated rings. The van der Waals surface area contributed by atoms with Crippen molar-refractivity contribution in [3.8, 4) is 12.1 Å². The Bertz CT molecular complexity index is 2240. The van der Waals surface area contributed by atoms with Crippen molar-refractivity contribution in [1.29, 1.82) is 10.5 Å². The molecule has 0 radical (unpaired) electrons. The molecule has 0 amide bonds. The number of ether oxygens (including phenoxy) is 2. The summed E-state index contributed by atoms with van der Waals surface area (Å²) < 4.78 is 23.8. The summed E-state index contributed by atoms with van der Waals surface area (Å²) in [6.45, 7) is 6.29. The van der Waals surface area contributed by atoms with Crippen LogP contribution in [0.5, 0.6) is 0 Å². The third kappa shape index (κ3) is 3.69. The standard InChI is InChI=1S/C36H26N4O4/c37-19-29-33-27-15-21-1-3-25(39-5-9-41-10-6-39)13-23(21)17-31(27)43-35(33)30(20-38)36-34(29)28-16-22-2-4-26(40-7-11-42-12-8-40)14-24(22)18-32(28)44-36/h1-4,13-18H,5-12H2. The van der Waals surface area contributed by atoms with Crippen LogP contribution in [0.25, 0.3) is 65.4 Å². The molecule has 0 spiro atoms. The lowest BCUT2D eigenvalue weighted by Gasteiger charge is -2.29. The van der Waals surface area contributed by atoms with Gasteiger partial charge in [0, 0.05) is 59.1 Å². The van der Waals surface area contributed by atoms with E-state index in [1.807, 2.05) is 12.1 Å². The van der Waals surface area contributed by atoms with Crippen molar-refractivity contribution in [3.63, 3.8) is 0 Å². The van der Waals surface area contributed by atoms with E-state index in [1.165, 1.54) is 0 Å². The SMILES string of the molecule is N#Cc1c2oc3cc4cc(N5CCOCC5)ccc4cc3c2c(C#N)c2c1oc1cc3cc(N4CCOCC4)ccc3cc12. The highest BCUT2D eigenvalue weighted by atomic mass is 16.5. The zero-order chi connectivity index (χ0) is 29.4. The number of nitriles is 2. The van der Waals surface area contributed by atoms with Crippen LogP contribution >= 0.6 is 0 Å². The number of furan rings is 2. The van der Waals surface area contributed by atoms with Gasteiger partial charge in [-0.3, -0.25) is 0 Å². The van der Waals surface area contributed by atoms with Crippen LogP contribution in [0.3, 0.4) is 0 Å². The first-order chi connectivity index (χ1) is 21.7. The maximum absolute atomic E-state index is 10.6. The monoisotopic (exact) mass is 578 g/mol. The summed E-state index contributed by atoms with van der Waals surface area (Å²) in [5.41, 5.74) is 5.08. The van der Waals surface area contributed by atoms with E-state index >= 15 is 0 Å². The van der Waals surface area contributed by atoms with E-state index in [9.17, 15) is 10.5 Å². The third-order valence-electron chi connectivity index (χ3n) is 9.19. The highest BCUT2D eigenvalue weighted by Crippen LogP contribution is 2.44. The quantitative estimate of drug-likeness (QED) is 0.212. The molecular formula is C36H26N4O4. The van der Waals surface area contributed by atoms with E-state index in [4.69, 9.17) is 18.3 Å². The molecular weight excluding hydrogens is 552 g/mol. The van der Waals surface area contributed by atoms with Crippen LogP contribution < -0.4 is 9.80 Å². The molecule has 214 valence electrons. The zero-order valence-electron chi connectivity index (χ0n) is 23.9. The number of nitrogens with zero attached hydrogens (tertiary/aromatic N) is 4. The number of fused-ring (bicyclic) bond motifs is 8. The lowest BCUT2D eigenvalue weighted by atomic mass is 9.96. The van der Waals surface area contributed by atoms with E-state index in [2.05, 4.69) is 70.5 Å². The molecule has 2 aliphatic rings. The van der Waals surface area contributed by atoms with Crippen LogP contribution in [0, 0.1) is 22.7 Å². The van der Waals surface area contributed by atoms with Crippen LogP contribution in [0.15, 0.2) is 69.5 Å². The zero-order valence-corrected chi connectivity index (χ0v) is 23.9.